The molecule has 6 nitrogen and oxygen atoms in total. The number of para-hydroxylation sites is 1. The van der Waals surface area contributed by atoms with Crippen LogP contribution in [0.4, 0.5) is 0 Å². The van der Waals surface area contributed by atoms with Gasteiger partial charge >= 0.3 is 0 Å². The van der Waals surface area contributed by atoms with Crippen LogP contribution in [0, 0.1) is 11.3 Å². The number of benzene rings is 3. The Morgan fingerprint density at radius 3 is 2.40 bits per heavy atom. The molecule has 0 spiro atoms. The predicted octanol–water partition coefficient (Wildman–Crippen LogP) is 3.29. The molecule has 1 amide bonds. The summed E-state index contributed by atoms with van der Waals surface area (Å²) < 4.78 is 7.37. The molecule has 0 aliphatic carbocycles. The molecule has 1 aromatic heterocycles. The third-order valence-electron chi connectivity index (χ3n) is 5.43. The monoisotopic (exact) mass is 481 g/mol. The van der Waals surface area contributed by atoms with Crippen molar-refractivity contribution in [2.24, 2.45) is 0 Å². The first-order valence-corrected chi connectivity index (χ1v) is 11.8. The van der Waals surface area contributed by atoms with Gasteiger partial charge in [-0.1, -0.05) is 60.7 Å². The first kappa shape index (κ1) is 23.7. The highest BCUT2D eigenvalue weighted by Crippen LogP contribution is 2.14. The van der Waals surface area contributed by atoms with E-state index in [1.165, 1.54) is 4.57 Å². The Morgan fingerprint density at radius 2 is 1.74 bits per heavy atom. The Morgan fingerprint density at radius 1 is 1.06 bits per heavy atom. The Bertz CT molecular complexity index is 1570. The average Bonchev–Trinajstić information content (AvgIpc) is 3.20. The number of nitrogens with one attached hydrogen (secondary N) is 1. The summed E-state index contributed by atoms with van der Waals surface area (Å²) in [5.41, 5.74) is 1.83. The van der Waals surface area contributed by atoms with E-state index in [2.05, 4.69) is 5.32 Å². The lowest BCUT2D eigenvalue weighted by molar-refractivity contribution is -0.116. The van der Waals surface area contributed by atoms with Crippen molar-refractivity contribution in [2.75, 3.05) is 7.11 Å². The third kappa shape index (κ3) is 5.24. The van der Waals surface area contributed by atoms with Gasteiger partial charge in [0.1, 0.15) is 16.5 Å². The summed E-state index contributed by atoms with van der Waals surface area (Å²) in [7, 11) is 1.58. The number of ether oxygens (including phenoxy) is 1. The van der Waals surface area contributed by atoms with Gasteiger partial charge in [0.15, 0.2) is 5.57 Å². The van der Waals surface area contributed by atoms with Crippen molar-refractivity contribution < 1.29 is 9.53 Å². The Kier molecular flexibility index (Phi) is 7.24. The molecule has 1 atom stereocenters. The average molecular weight is 482 g/mol. The SMILES string of the molecule is COc1cccc(/C=c2/s/c(=C(\C#N)C(=O)N[C@H](C)c3ccccc3)n(-c3ccccc3)c2=O)c1. The van der Waals surface area contributed by atoms with E-state index in [9.17, 15) is 14.9 Å². The summed E-state index contributed by atoms with van der Waals surface area (Å²) in [4.78, 5) is 26.7. The molecule has 7 heteroatoms. The zero-order valence-corrected chi connectivity index (χ0v) is 20.1. The number of hydrogen-bond acceptors (Lipinski definition) is 5. The van der Waals surface area contributed by atoms with Crippen LogP contribution in [0.5, 0.6) is 5.75 Å². The van der Waals surface area contributed by atoms with E-state index >= 15 is 0 Å². The van der Waals surface area contributed by atoms with Gasteiger partial charge in [0.2, 0.25) is 0 Å². The number of methoxy groups -OCH3 is 1. The lowest BCUT2D eigenvalue weighted by atomic mass is 10.1. The number of thiazole rings is 1. The number of amides is 1. The summed E-state index contributed by atoms with van der Waals surface area (Å²) >= 11 is 1.11. The normalized spacial score (nSPS) is 13.0. The van der Waals surface area contributed by atoms with Crippen LogP contribution in [0.3, 0.4) is 0 Å². The van der Waals surface area contributed by atoms with E-state index in [4.69, 9.17) is 4.74 Å². The fourth-order valence-corrected chi connectivity index (χ4v) is 4.74. The summed E-state index contributed by atoms with van der Waals surface area (Å²) in [6.45, 7) is 1.85. The minimum atomic E-state index is -0.539. The molecule has 0 fully saturated rings. The molecule has 4 aromatic rings. The topological polar surface area (TPSA) is 84.1 Å². The van der Waals surface area contributed by atoms with Crippen molar-refractivity contribution in [3.63, 3.8) is 0 Å². The number of rotatable bonds is 6. The maximum atomic E-state index is 13.5. The van der Waals surface area contributed by atoms with E-state index in [0.29, 0.717) is 16.0 Å². The zero-order valence-electron chi connectivity index (χ0n) is 19.3. The van der Waals surface area contributed by atoms with Crippen LogP contribution in [0.2, 0.25) is 0 Å². The molecule has 0 saturated heterocycles. The van der Waals surface area contributed by atoms with Gasteiger partial charge in [0.25, 0.3) is 11.5 Å². The molecule has 4 rings (SSSR count). The van der Waals surface area contributed by atoms with Gasteiger partial charge in [0.05, 0.1) is 23.4 Å². The van der Waals surface area contributed by atoms with Gasteiger partial charge in [0, 0.05) is 0 Å². The molecule has 0 aliphatic heterocycles. The van der Waals surface area contributed by atoms with Crippen molar-refractivity contribution in [3.05, 3.63) is 116 Å². The minimum absolute atomic E-state index is 0.121. The summed E-state index contributed by atoms with van der Waals surface area (Å²) in [6, 6.07) is 27.5. The summed E-state index contributed by atoms with van der Waals surface area (Å²) in [5, 5.41) is 12.9. The third-order valence-corrected chi connectivity index (χ3v) is 6.52. The van der Waals surface area contributed by atoms with Crippen molar-refractivity contribution in [2.45, 2.75) is 13.0 Å². The molecule has 0 bridgehead atoms. The summed E-state index contributed by atoms with van der Waals surface area (Å²) in [5.74, 6) is 0.125. The van der Waals surface area contributed by atoms with Gasteiger partial charge in [-0.25, -0.2) is 0 Å². The van der Waals surface area contributed by atoms with Crippen LogP contribution in [0.1, 0.15) is 24.1 Å². The standard InChI is InChI=1S/C28H23N3O3S/c1-19(21-11-5-3-6-12-21)30-26(32)24(18-29)28-31(22-13-7-4-8-14-22)27(33)25(35-28)17-20-10-9-15-23(16-20)34-2/h3-17,19H,1-2H3,(H,30,32)/b25-17+,28-24+/t19-/m1/s1. The molecule has 1 heterocycles. The maximum Gasteiger partial charge on any atom is 0.273 e. The van der Waals surface area contributed by atoms with Crippen LogP contribution in [0.15, 0.2) is 89.7 Å². The van der Waals surface area contributed by atoms with E-state index < -0.39 is 5.91 Å². The highest BCUT2D eigenvalue weighted by Gasteiger charge is 2.19. The van der Waals surface area contributed by atoms with E-state index in [-0.39, 0.29) is 21.8 Å². The highest BCUT2D eigenvalue weighted by atomic mass is 32.1. The van der Waals surface area contributed by atoms with E-state index in [1.807, 2.05) is 73.7 Å². The number of nitrogens with zero attached hydrogens (tertiary/aromatic N) is 2. The van der Waals surface area contributed by atoms with Gasteiger partial charge in [-0.15, -0.1) is 11.3 Å². The molecule has 3 aromatic carbocycles. The fourth-order valence-electron chi connectivity index (χ4n) is 3.63. The predicted molar refractivity (Wildman–Crippen MR) is 138 cm³/mol. The van der Waals surface area contributed by atoms with Crippen LogP contribution in [-0.2, 0) is 4.79 Å². The molecule has 0 saturated carbocycles. The van der Waals surface area contributed by atoms with E-state index in [0.717, 1.165) is 22.5 Å². The molecule has 174 valence electrons. The first-order chi connectivity index (χ1) is 17.0. The number of aromatic nitrogens is 1. The second-order valence-corrected chi connectivity index (χ2v) is 8.79. The van der Waals surface area contributed by atoms with Crippen molar-refractivity contribution in [1.82, 2.24) is 9.88 Å². The van der Waals surface area contributed by atoms with Gasteiger partial charge in [-0.05, 0) is 48.4 Å². The second-order valence-electron chi connectivity index (χ2n) is 7.76. The number of carbonyl (C=O) groups is 1. The zero-order chi connectivity index (χ0) is 24.8. The van der Waals surface area contributed by atoms with Crippen molar-refractivity contribution >= 4 is 28.9 Å². The molecule has 0 unspecified atom stereocenters. The smallest absolute Gasteiger partial charge is 0.273 e. The Hall–Kier alpha value is -4.41. The quantitative estimate of drug-likeness (QED) is 0.458. The van der Waals surface area contributed by atoms with Crippen LogP contribution in [0.25, 0.3) is 17.3 Å². The molecule has 0 radical (unpaired) electrons. The van der Waals surface area contributed by atoms with Gasteiger partial charge in [-0.2, -0.15) is 5.26 Å². The summed E-state index contributed by atoms with van der Waals surface area (Å²) in [6.07, 6.45) is 1.73. The second kappa shape index (κ2) is 10.7. The van der Waals surface area contributed by atoms with E-state index in [1.54, 1.807) is 37.5 Å². The minimum Gasteiger partial charge on any atom is -0.497 e. The van der Waals surface area contributed by atoms with Crippen LogP contribution < -0.4 is 24.8 Å². The fraction of sp³-hybridized carbons (Fsp3) is 0.107. The lowest BCUT2D eigenvalue weighted by Gasteiger charge is -2.13. The maximum absolute atomic E-state index is 13.5. The highest BCUT2D eigenvalue weighted by molar-refractivity contribution is 7.07. The number of nitriles is 1. The van der Waals surface area contributed by atoms with Crippen LogP contribution in [-0.4, -0.2) is 17.6 Å². The molecular formula is C28H23N3O3S. The number of carbonyl (C=O) groups excluding carboxylic acids is 1. The first-order valence-electron chi connectivity index (χ1n) is 10.9. The van der Waals surface area contributed by atoms with Crippen LogP contribution >= 0.6 is 11.3 Å². The molecule has 1 N–H and O–H groups in total. The Balaban J connectivity index is 1.89. The molecule has 35 heavy (non-hydrogen) atoms. The van der Waals surface area contributed by atoms with Gasteiger partial charge < -0.3 is 10.1 Å². The Labute approximate surface area is 206 Å². The van der Waals surface area contributed by atoms with Crippen molar-refractivity contribution in [3.8, 4) is 17.5 Å². The largest absolute Gasteiger partial charge is 0.497 e. The lowest BCUT2D eigenvalue weighted by Crippen LogP contribution is -2.34. The molecular weight excluding hydrogens is 458 g/mol. The van der Waals surface area contributed by atoms with Gasteiger partial charge in [-0.3, -0.25) is 14.2 Å². The number of hydrogen-bond donors (Lipinski definition) is 1. The molecule has 0 aliphatic rings. The van der Waals surface area contributed by atoms with Crippen molar-refractivity contribution in [1.29, 1.82) is 5.26 Å².